The van der Waals surface area contributed by atoms with Crippen molar-refractivity contribution >= 4 is 11.5 Å². The van der Waals surface area contributed by atoms with Gasteiger partial charge in [-0.05, 0) is 84.8 Å². The van der Waals surface area contributed by atoms with Crippen molar-refractivity contribution in [2.24, 2.45) is 10.4 Å². The predicted molar refractivity (Wildman–Crippen MR) is 168 cm³/mol. The van der Waals surface area contributed by atoms with Crippen LogP contribution in [0.3, 0.4) is 0 Å². The third-order valence-corrected chi connectivity index (χ3v) is 7.74. The minimum atomic E-state index is -0.212. The van der Waals surface area contributed by atoms with Gasteiger partial charge >= 0.3 is 0 Å². The molecule has 0 spiro atoms. The Balaban J connectivity index is 2.45. The Morgan fingerprint density at radius 1 is 0.816 bits per heavy atom. The summed E-state index contributed by atoms with van der Waals surface area (Å²) in [7, 11) is 0. The fraction of sp³-hybridized carbons (Fsp3) is 0.629. The summed E-state index contributed by atoms with van der Waals surface area (Å²) in [5.41, 5.74) is 5.10. The summed E-state index contributed by atoms with van der Waals surface area (Å²) in [6, 6.07) is 17.8. The maximum absolute atomic E-state index is 5.46. The highest BCUT2D eigenvalue weighted by Crippen LogP contribution is 2.54. The molecule has 3 rings (SSSR count). The van der Waals surface area contributed by atoms with Crippen molar-refractivity contribution in [3.8, 4) is 0 Å². The second-order valence-corrected chi connectivity index (χ2v) is 15.3. The van der Waals surface area contributed by atoms with E-state index in [0.717, 1.165) is 12.3 Å². The van der Waals surface area contributed by atoms with Crippen LogP contribution in [0.2, 0.25) is 0 Å². The number of hydrogen-bond acceptors (Lipinski definition) is 2. The van der Waals surface area contributed by atoms with E-state index >= 15 is 0 Å². The highest BCUT2D eigenvalue weighted by Gasteiger charge is 2.56. The van der Waals surface area contributed by atoms with Gasteiger partial charge in [0.25, 0.3) is 0 Å². The highest BCUT2D eigenvalue weighted by atomic mass is 15.5. The van der Waals surface area contributed by atoms with E-state index in [0.29, 0.717) is 11.8 Å². The van der Waals surface area contributed by atoms with Crippen LogP contribution < -0.4 is 4.90 Å². The van der Waals surface area contributed by atoms with Crippen LogP contribution in [-0.4, -0.2) is 33.5 Å². The van der Waals surface area contributed by atoms with Crippen LogP contribution in [0.25, 0.3) is 0 Å². The highest BCUT2D eigenvalue weighted by molar-refractivity contribution is 6.00. The summed E-state index contributed by atoms with van der Waals surface area (Å²) >= 11 is 0. The van der Waals surface area contributed by atoms with Crippen molar-refractivity contribution in [3.63, 3.8) is 0 Å². The van der Waals surface area contributed by atoms with E-state index in [-0.39, 0.29) is 28.2 Å². The molecule has 2 aromatic carbocycles. The molecule has 1 saturated heterocycles. The first kappa shape index (κ1) is 30.3. The second-order valence-electron chi connectivity index (χ2n) is 15.3. The lowest BCUT2D eigenvalue weighted by Crippen LogP contribution is -2.62. The summed E-state index contributed by atoms with van der Waals surface area (Å²) in [5.74, 6) is 1.95. The molecule has 1 aliphatic heterocycles. The van der Waals surface area contributed by atoms with E-state index in [1.165, 1.54) is 22.4 Å². The van der Waals surface area contributed by atoms with Crippen molar-refractivity contribution in [3.05, 3.63) is 65.2 Å². The fourth-order valence-electron chi connectivity index (χ4n) is 6.61. The van der Waals surface area contributed by atoms with Gasteiger partial charge in [0, 0.05) is 27.7 Å². The molecule has 0 radical (unpaired) electrons. The molecule has 210 valence electrons. The molecule has 3 nitrogen and oxygen atoms in total. The zero-order valence-corrected chi connectivity index (χ0v) is 26.9. The van der Waals surface area contributed by atoms with Crippen molar-refractivity contribution in [2.75, 3.05) is 4.90 Å². The number of nitrogens with zero attached hydrogens (tertiary/aromatic N) is 3. The van der Waals surface area contributed by atoms with E-state index in [1.807, 2.05) is 0 Å². The van der Waals surface area contributed by atoms with Crippen LogP contribution in [0.4, 0.5) is 5.69 Å². The summed E-state index contributed by atoms with van der Waals surface area (Å²) in [6.45, 7) is 32.9. The zero-order chi connectivity index (χ0) is 28.8. The number of benzene rings is 2. The lowest BCUT2D eigenvalue weighted by atomic mass is 9.82. The van der Waals surface area contributed by atoms with E-state index in [1.54, 1.807) is 0 Å². The SMILES string of the molecule is CC(C)c1cccc(C(C)C)c1N1C(N(C(=NC(C)(C)C)c2ccccc2)C(C)(C)C)C(C)(C)CC1(C)C. The van der Waals surface area contributed by atoms with E-state index < -0.39 is 0 Å². The number of amidine groups is 1. The van der Waals surface area contributed by atoms with Crippen molar-refractivity contribution in [1.82, 2.24) is 4.90 Å². The van der Waals surface area contributed by atoms with Gasteiger partial charge in [0.05, 0.1) is 5.54 Å². The third kappa shape index (κ3) is 6.13. The second kappa shape index (κ2) is 10.4. The van der Waals surface area contributed by atoms with Gasteiger partial charge in [-0.2, -0.15) is 0 Å². The molecular formula is C35H55N3. The van der Waals surface area contributed by atoms with Gasteiger partial charge in [0.2, 0.25) is 0 Å². The molecule has 0 bridgehead atoms. The molecule has 0 aromatic heterocycles. The molecule has 0 saturated carbocycles. The van der Waals surface area contributed by atoms with Gasteiger partial charge in [0.1, 0.15) is 12.0 Å². The first-order valence-corrected chi connectivity index (χ1v) is 14.6. The van der Waals surface area contributed by atoms with Gasteiger partial charge in [0.15, 0.2) is 0 Å². The Morgan fingerprint density at radius 3 is 1.74 bits per heavy atom. The third-order valence-electron chi connectivity index (χ3n) is 7.74. The van der Waals surface area contributed by atoms with Crippen molar-refractivity contribution < 1.29 is 0 Å². The lowest BCUT2D eigenvalue weighted by Gasteiger charge is -2.53. The maximum Gasteiger partial charge on any atom is 0.133 e. The van der Waals surface area contributed by atoms with Crippen molar-refractivity contribution in [2.45, 2.75) is 138 Å². The smallest absolute Gasteiger partial charge is 0.133 e. The molecule has 0 N–H and O–H groups in total. The van der Waals surface area contributed by atoms with Crippen molar-refractivity contribution in [1.29, 1.82) is 0 Å². The molecule has 1 heterocycles. The quantitative estimate of drug-likeness (QED) is 0.290. The van der Waals surface area contributed by atoms with Crippen LogP contribution in [0.5, 0.6) is 0 Å². The summed E-state index contributed by atoms with van der Waals surface area (Å²) in [5, 5.41) is 0. The number of anilines is 1. The van der Waals surface area contributed by atoms with Crippen LogP contribution in [0, 0.1) is 5.41 Å². The van der Waals surface area contributed by atoms with E-state index in [2.05, 4.69) is 155 Å². The Hall–Kier alpha value is -2.29. The maximum atomic E-state index is 5.46. The molecule has 2 aromatic rings. The average molecular weight is 518 g/mol. The lowest BCUT2D eigenvalue weighted by molar-refractivity contribution is 0.104. The summed E-state index contributed by atoms with van der Waals surface area (Å²) in [4.78, 5) is 10.9. The molecule has 0 aliphatic carbocycles. The number of rotatable bonds is 5. The Kier molecular flexibility index (Phi) is 8.25. The molecule has 1 fully saturated rings. The summed E-state index contributed by atoms with van der Waals surface area (Å²) < 4.78 is 0. The Morgan fingerprint density at radius 2 is 1.32 bits per heavy atom. The van der Waals surface area contributed by atoms with E-state index in [9.17, 15) is 0 Å². The van der Waals surface area contributed by atoms with Gasteiger partial charge < -0.3 is 9.80 Å². The fourth-order valence-corrected chi connectivity index (χ4v) is 6.61. The van der Waals surface area contributed by atoms with Gasteiger partial charge in [-0.15, -0.1) is 0 Å². The average Bonchev–Trinajstić information content (AvgIpc) is 2.94. The molecule has 1 aliphatic rings. The first-order chi connectivity index (χ1) is 17.3. The normalized spacial score (nSPS) is 19.9. The van der Waals surface area contributed by atoms with Crippen LogP contribution in [-0.2, 0) is 0 Å². The van der Waals surface area contributed by atoms with Gasteiger partial charge in [-0.25, -0.2) is 0 Å². The minimum Gasteiger partial charge on any atom is -0.345 e. The monoisotopic (exact) mass is 517 g/mol. The van der Waals surface area contributed by atoms with Gasteiger partial charge in [-0.1, -0.05) is 90.1 Å². The largest absolute Gasteiger partial charge is 0.345 e. The molecule has 1 unspecified atom stereocenters. The number of para-hydroxylation sites is 1. The molecular weight excluding hydrogens is 462 g/mol. The molecule has 1 atom stereocenters. The van der Waals surface area contributed by atoms with Crippen LogP contribution in [0.1, 0.15) is 132 Å². The van der Waals surface area contributed by atoms with E-state index in [4.69, 9.17) is 4.99 Å². The molecule has 3 heteroatoms. The topological polar surface area (TPSA) is 18.8 Å². The zero-order valence-electron chi connectivity index (χ0n) is 26.9. The number of aliphatic imine (C=N–C) groups is 1. The predicted octanol–water partition coefficient (Wildman–Crippen LogP) is 9.62. The summed E-state index contributed by atoms with van der Waals surface area (Å²) in [6.07, 6.45) is 1.22. The Bertz CT molecular complexity index is 1100. The van der Waals surface area contributed by atoms with Crippen LogP contribution in [0.15, 0.2) is 53.5 Å². The molecule has 0 amide bonds. The van der Waals surface area contributed by atoms with Crippen LogP contribution >= 0.6 is 0 Å². The minimum absolute atomic E-state index is 0.0164. The number of hydrogen-bond donors (Lipinski definition) is 0. The van der Waals surface area contributed by atoms with Gasteiger partial charge in [-0.3, -0.25) is 4.99 Å². The Labute approximate surface area is 234 Å². The first-order valence-electron chi connectivity index (χ1n) is 14.6. The molecule has 38 heavy (non-hydrogen) atoms. The standard InChI is InChI=1S/C35H55N3/c1-24(2)27-21-18-22-28(25(3)4)29(27)37-31(34(11,12)23-35(37,13)14)38(33(8,9)10)30(36-32(5,6)7)26-19-16-15-17-20-26/h15-22,24-25,31H,23H2,1-14H3.